The largest absolute Gasteiger partial charge is 0.299 e. The van der Waals surface area contributed by atoms with E-state index in [1.54, 1.807) is 6.20 Å². The van der Waals surface area contributed by atoms with Gasteiger partial charge in [-0.3, -0.25) is 9.48 Å². The normalized spacial score (nSPS) is 23.3. The summed E-state index contributed by atoms with van der Waals surface area (Å²) in [4.78, 5) is 10.9. The first-order valence-electron chi connectivity index (χ1n) is 3.86. The molecule has 0 bridgehead atoms. The van der Waals surface area contributed by atoms with Crippen LogP contribution >= 0.6 is 0 Å². The highest BCUT2D eigenvalue weighted by Gasteiger charge is 2.27. The van der Waals surface area contributed by atoms with Crippen molar-refractivity contribution in [2.24, 2.45) is 5.92 Å². The van der Waals surface area contributed by atoms with Gasteiger partial charge in [0.2, 0.25) is 0 Å². The van der Waals surface area contributed by atoms with Gasteiger partial charge in [0.15, 0.2) is 0 Å². The summed E-state index contributed by atoms with van der Waals surface area (Å²) in [5.41, 5.74) is 0. The van der Waals surface area contributed by atoms with E-state index >= 15 is 0 Å². The third-order valence-electron chi connectivity index (χ3n) is 2.16. The maximum Gasteiger partial charge on any atom is 0.137 e. The van der Waals surface area contributed by atoms with Crippen molar-refractivity contribution < 1.29 is 4.79 Å². The minimum absolute atomic E-state index is 0.245. The highest BCUT2D eigenvalue weighted by atomic mass is 16.1. The Kier molecular flexibility index (Phi) is 1.49. The molecule has 0 spiro atoms. The number of rotatable bonds is 2. The third kappa shape index (κ3) is 1.18. The fourth-order valence-corrected chi connectivity index (χ4v) is 1.29. The molecule has 1 aromatic heterocycles. The maximum absolute atomic E-state index is 10.9. The molecule has 1 aromatic rings. The fourth-order valence-electron chi connectivity index (χ4n) is 1.29. The van der Waals surface area contributed by atoms with Crippen molar-refractivity contribution in [3.63, 3.8) is 0 Å². The number of hydrogen-bond acceptors (Lipinski definition) is 2. The summed E-state index contributed by atoms with van der Waals surface area (Å²) in [5, 5.41) is 4.04. The Morgan fingerprint density at radius 3 is 3.09 bits per heavy atom. The van der Waals surface area contributed by atoms with Crippen LogP contribution in [0, 0.1) is 5.92 Å². The van der Waals surface area contributed by atoms with Crippen LogP contribution in [0.1, 0.15) is 12.8 Å². The molecule has 3 nitrogen and oxygen atoms in total. The zero-order valence-corrected chi connectivity index (χ0v) is 6.23. The standard InChI is InChI=1S/C8H10N2O/c11-8-3-2-7(8)6-10-5-1-4-9-10/h1,4-5,7H,2-3,6H2. The molecule has 1 aliphatic rings. The summed E-state index contributed by atoms with van der Waals surface area (Å²) < 4.78 is 1.82. The Hall–Kier alpha value is -1.12. The molecule has 0 amide bonds. The van der Waals surface area contributed by atoms with Gasteiger partial charge in [-0.2, -0.15) is 5.10 Å². The van der Waals surface area contributed by atoms with Crippen LogP contribution in [-0.2, 0) is 11.3 Å². The number of carbonyl (C=O) groups is 1. The van der Waals surface area contributed by atoms with Crippen molar-refractivity contribution in [1.82, 2.24) is 9.78 Å². The molecule has 0 aliphatic heterocycles. The number of nitrogens with zero attached hydrogens (tertiary/aromatic N) is 2. The topological polar surface area (TPSA) is 34.9 Å². The van der Waals surface area contributed by atoms with Gasteiger partial charge in [0.25, 0.3) is 0 Å². The average Bonchev–Trinajstić information content (AvgIpc) is 2.49. The number of Topliss-reactive ketones (excluding diaryl/α,β-unsaturated/α-hetero) is 1. The summed E-state index contributed by atoms with van der Waals surface area (Å²) in [5.74, 6) is 0.635. The molecule has 1 aliphatic carbocycles. The molecule has 0 N–H and O–H groups in total. The van der Waals surface area contributed by atoms with Crippen LogP contribution in [0.4, 0.5) is 0 Å². The van der Waals surface area contributed by atoms with Gasteiger partial charge in [-0.15, -0.1) is 0 Å². The quantitative estimate of drug-likeness (QED) is 0.626. The molecule has 1 heterocycles. The van der Waals surface area contributed by atoms with Crippen molar-refractivity contribution in [2.75, 3.05) is 0 Å². The van der Waals surface area contributed by atoms with Crippen LogP contribution in [0.15, 0.2) is 18.5 Å². The summed E-state index contributed by atoms with van der Waals surface area (Å²) in [6, 6.07) is 1.88. The lowest BCUT2D eigenvalue weighted by molar-refractivity contribution is -0.129. The monoisotopic (exact) mass is 150 g/mol. The molecule has 58 valence electrons. The SMILES string of the molecule is O=C1CCC1Cn1cccn1. The van der Waals surface area contributed by atoms with Crippen LogP contribution in [-0.4, -0.2) is 15.6 Å². The molecule has 0 saturated heterocycles. The van der Waals surface area contributed by atoms with E-state index in [0.717, 1.165) is 19.4 Å². The van der Waals surface area contributed by atoms with Gasteiger partial charge in [-0.25, -0.2) is 0 Å². The minimum atomic E-state index is 0.245. The number of ketones is 1. The van der Waals surface area contributed by atoms with Gasteiger partial charge in [0, 0.05) is 24.7 Å². The molecule has 0 radical (unpaired) electrons. The summed E-state index contributed by atoms with van der Waals surface area (Å²) in [6.45, 7) is 0.770. The Bertz CT molecular complexity index is 253. The van der Waals surface area contributed by atoms with Crippen LogP contribution in [0.5, 0.6) is 0 Å². The molecule has 11 heavy (non-hydrogen) atoms. The Morgan fingerprint density at radius 2 is 2.64 bits per heavy atom. The second-order valence-electron chi connectivity index (χ2n) is 2.93. The molecule has 2 rings (SSSR count). The predicted molar refractivity (Wildman–Crippen MR) is 40.0 cm³/mol. The predicted octanol–water partition coefficient (Wildman–Crippen LogP) is 0.862. The first-order chi connectivity index (χ1) is 5.36. The number of carbonyl (C=O) groups excluding carboxylic acids is 1. The molecule has 1 fully saturated rings. The highest BCUT2D eigenvalue weighted by molar-refractivity contribution is 5.86. The molecule has 1 saturated carbocycles. The average molecular weight is 150 g/mol. The van der Waals surface area contributed by atoms with Crippen LogP contribution in [0.3, 0.4) is 0 Å². The maximum atomic E-state index is 10.9. The van der Waals surface area contributed by atoms with Gasteiger partial charge >= 0.3 is 0 Å². The Balaban J connectivity index is 1.96. The molecule has 1 atom stereocenters. The lowest BCUT2D eigenvalue weighted by atomic mass is 9.84. The van der Waals surface area contributed by atoms with E-state index < -0.39 is 0 Å². The first kappa shape index (κ1) is 6.58. The molecular weight excluding hydrogens is 140 g/mol. The zero-order valence-electron chi connectivity index (χ0n) is 6.23. The molecular formula is C8H10N2O. The van der Waals surface area contributed by atoms with Gasteiger partial charge in [-0.05, 0) is 12.5 Å². The number of hydrogen-bond donors (Lipinski definition) is 0. The highest BCUT2D eigenvalue weighted by Crippen LogP contribution is 2.23. The van der Waals surface area contributed by atoms with Crippen molar-refractivity contribution in [2.45, 2.75) is 19.4 Å². The van der Waals surface area contributed by atoms with E-state index in [1.165, 1.54) is 0 Å². The van der Waals surface area contributed by atoms with E-state index in [1.807, 2.05) is 16.9 Å². The van der Waals surface area contributed by atoms with Gasteiger partial charge < -0.3 is 0 Å². The zero-order chi connectivity index (χ0) is 7.68. The van der Waals surface area contributed by atoms with E-state index in [4.69, 9.17) is 0 Å². The smallest absolute Gasteiger partial charge is 0.137 e. The Morgan fingerprint density at radius 1 is 1.73 bits per heavy atom. The summed E-state index contributed by atoms with van der Waals surface area (Å²) in [7, 11) is 0. The lowest BCUT2D eigenvalue weighted by Gasteiger charge is -2.23. The van der Waals surface area contributed by atoms with Crippen molar-refractivity contribution in [1.29, 1.82) is 0 Å². The van der Waals surface area contributed by atoms with E-state index in [2.05, 4.69) is 5.10 Å². The van der Waals surface area contributed by atoms with Crippen LogP contribution in [0.25, 0.3) is 0 Å². The van der Waals surface area contributed by atoms with Crippen molar-refractivity contribution >= 4 is 5.78 Å². The van der Waals surface area contributed by atoms with Gasteiger partial charge in [0.1, 0.15) is 5.78 Å². The molecule has 0 aromatic carbocycles. The third-order valence-corrected chi connectivity index (χ3v) is 2.16. The van der Waals surface area contributed by atoms with E-state index in [0.29, 0.717) is 5.78 Å². The Labute approximate surface area is 65.0 Å². The van der Waals surface area contributed by atoms with Gasteiger partial charge in [-0.1, -0.05) is 0 Å². The lowest BCUT2D eigenvalue weighted by Crippen LogP contribution is -2.29. The van der Waals surface area contributed by atoms with Crippen molar-refractivity contribution in [3.8, 4) is 0 Å². The minimum Gasteiger partial charge on any atom is -0.299 e. The first-order valence-corrected chi connectivity index (χ1v) is 3.86. The van der Waals surface area contributed by atoms with Crippen molar-refractivity contribution in [3.05, 3.63) is 18.5 Å². The second kappa shape index (κ2) is 2.49. The van der Waals surface area contributed by atoms with Gasteiger partial charge in [0.05, 0.1) is 6.54 Å². The fraction of sp³-hybridized carbons (Fsp3) is 0.500. The van der Waals surface area contributed by atoms with E-state index in [-0.39, 0.29) is 5.92 Å². The summed E-state index contributed by atoms with van der Waals surface area (Å²) >= 11 is 0. The molecule has 1 unspecified atom stereocenters. The molecule has 3 heteroatoms. The van der Waals surface area contributed by atoms with Crippen LogP contribution in [0.2, 0.25) is 0 Å². The van der Waals surface area contributed by atoms with Crippen LogP contribution < -0.4 is 0 Å². The van der Waals surface area contributed by atoms with E-state index in [9.17, 15) is 4.79 Å². The number of aromatic nitrogens is 2. The summed E-state index contributed by atoms with van der Waals surface area (Å²) in [6.07, 6.45) is 5.44. The second-order valence-corrected chi connectivity index (χ2v) is 2.93.